The molecule has 0 aliphatic carbocycles. The summed E-state index contributed by atoms with van der Waals surface area (Å²) in [5, 5.41) is 60.8. The zero-order valence-corrected chi connectivity index (χ0v) is 20.1. The molecule has 0 aromatic heterocycles. The van der Waals surface area contributed by atoms with Gasteiger partial charge in [0.1, 0.15) is 51.9 Å². The largest absolute Gasteiger partial charge is 0.508 e. The van der Waals surface area contributed by atoms with Crippen molar-refractivity contribution in [3.05, 3.63) is 107 Å². The number of ketones is 2. The van der Waals surface area contributed by atoms with E-state index in [0.29, 0.717) is 11.1 Å². The van der Waals surface area contributed by atoms with Gasteiger partial charge in [-0.25, -0.2) is 0 Å². The molecule has 4 aromatic rings. The molecule has 4 aromatic carbocycles. The number of aromatic hydroxyl groups is 6. The van der Waals surface area contributed by atoms with Crippen LogP contribution >= 0.6 is 0 Å². The van der Waals surface area contributed by atoms with Gasteiger partial charge in [0.2, 0.25) is 0 Å². The van der Waals surface area contributed by atoms with Crippen LogP contribution in [0, 0.1) is 0 Å². The smallest absolute Gasteiger partial charge is 0.193 e. The fraction of sp³-hybridized carbons (Fsp3) is 0.0667. The number of ether oxygens (including phenoxy) is 1. The van der Waals surface area contributed by atoms with Gasteiger partial charge in [0.05, 0.1) is 17.0 Å². The first-order chi connectivity index (χ1) is 18.6. The number of Topliss-reactive ketones (excluding diaryl/α,β-unsaturated/α-hetero) is 1. The maximum absolute atomic E-state index is 13.8. The summed E-state index contributed by atoms with van der Waals surface area (Å²) < 4.78 is 6.09. The van der Waals surface area contributed by atoms with E-state index in [0.717, 1.165) is 12.1 Å². The quantitative estimate of drug-likeness (QED) is 0.151. The van der Waals surface area contributed by atoms with Crippen LogP contribution in [0.25, 0.3) is 6.08 Å². The number of benzene rings is 4. The van der Waals surface area contributed by atoms with Gasteiger partial charge in [0.15, 0.2) is 11.6 Å². The molecule has 1 aliphatic heterocycles. The van der Waals surface area contributed by atoms with E-state index >= 15 is 0 Å². The van der Waals surface area contributed by atoms with E-state index in [2.05, 4.69) is 0 Å². The number of fused-ring (bicyclic) bond motifs is 1. The highest BCUT2D eigenvalue weighted by atomic mass is 16.5. The topological polar surface area (TPSA) is 165 Å². The lowest BCUT2D eigenvalue weighted by Gasteiger charge is -2.19. The molecule has 9 heteroatoms. The molecule has 0 spiro atoms. The average molecular weight is 526 g/mol. The zero-order chi connectivity index (χ0) is 27.8. The Kier molecular flexibility index (Phi) is 6.33. The Hall–Kier alpha value is -5.44. The molecular weight excluding hydrogens is 504 g/mol. The second kappa shape index (κ2) is 9.79. The lowest BCUT2D eigenvalue weighted by molar-refractivity contribution is 0.0891. The molecule has 1 heterocycles. The molecule has 6 N–H and O–H groups in total. The van der Waals surface area contributed by atoms with Gasteiger partial charge in [0, 0.05) is 12.1 Å². The summed E-state index contributed by atoms with van der Waals surface area (Å²) in [6.45, 7) is 0. The Morgan fingerprint density at radius 1 is 0.692 bits per heavy atom. The monoisotopic (exact) mass is 526 g/mol. The van der Waals surface area contributed by atoms with Crippen LogP contribution in [0.15, 0.2) is 78.9 Å². The van der Waals surface area contributed by atoms with Crippen molar-refractivity contribution in [1.29, 1.82) is 0 Å². The van der Waals surface area contributed by atoms with Gasteiger partial charge < -0.3 is 35.4 Å². The minimum atomic E-state index is -1.27. The Balaban J connectivity index is 1.64. The summed E-state index contributed by atoms with van der Waals surface area (Å²) in [7, 11) is 0. The highest BCUT2D eigenvalue weighted by Crippen LogP contribution is 2.55. The highest BCUT2D eigenvalue weighted by Gasteiger charge is 2.46. The number of allylic oxidation sites excluding steroid dienone is 1. The third-order valence-corrected chi connectivity index (χ3v) is 6.45. The molecule has 0 fully saturated rings. The molecule has 0 saturated heterocycles. The van der Waals surface area contributed by atoms with Crippen LogP contribution in [0.3, 0.4) is 0 Å². The predicted molar refractivity (Wildman–Crippen MR) is 140 cm³/mol. The molecule has 2 atom stereocenters. The molecule has 0 amide bonds. The third kappa shape index (κ3) is 4.69. The van der Waals surface area contributed by atoms with Gasteiger partial charge in [-0.2, -0.15) is 0 Å². The fourth-order valence-corrected chi connectivity index (χ4v) is 4.58. The van der Waals surface area contributed by atoms with Crippen LogP contribution in [-0.2, 0) is 0 Å². The molecule has 0 saturated carbocycles. The van der Waals surface area contributed by atoms with Crippen molar-refractivity contribution in [3.63, 3.8) is 0 Å². The van der Waals surface area contributed by atoms with Crippen molar-refractivity contribution < 1.29 is 45.0 Å². The van der Waals surface area contributed by atoms with E-state index in [4.69, 9.17) is 4.74 Å². The number of hydrogen-bond donors (Lipinski definition) is 6. The Morgan fingerprint density at radius 2 is 1.31 bits per heavy atom. The number of hydrogen-bond acceptors (Lipinski definition) is 9. The van der Waals surface area contributed by atoms with Crippen molar-refractivity contribution in [2.24, 2.45) is 0 Å². The van der Waals surface area contributed by atoms with Crippen LogP contribution in [0.1, 0.15) is 49.4 Å². The summed E-state index contributed by atoms with van der Waals surface area (Å²) in [5.41, 5.74) is 0.495. The first kappa shape index (κ1) is 25.2. The molecule has 39 heavy (non-hydrogen) atoms. The molecular formula is C30H22O9. The number of carbonyl (C=O) groups excluding carboxylic acids is 2. The summed E-state index contributed by atoms with van der Waals surface area (Å²) in [6.07, 6.45) is 1.53. The Labute approximate surface area is 221 Å². The van der Waals surface area contributed by atoms with Gasteiger partial charge in [-0.1, -0.05) is 30.3 Å². The Bertz CT molecular complexity index is 1620. The number of carbonyl (C=O) groups is 2. The van der Waals surface area contributed by atoms with E-state index in [1.54, 1.807) is 12.1 Å². The first-order valence-electron chi connectivity index (χ1n) is 11.8. The number of phenolic OH excluding ortho intramolecular Hbond substituents is 6. The van der Waals surface area contributed by atoms with Crippen LogP contribution in [0.5, 0.6) is 40.2 Å². The fourth-order valence-electron chi connectivity index (χ4n) is 4.58. The standard InChI is InChI=1S/C30H22O9/c31-17-6-1-15(2-7-17)3-12-21(34)25-23(36)14-24(37)26-27(28(38)20-11-10-19(33)13-22(20)35)29(39-30(25)26)16-4-8-18(32)9-5-16/h1-14,27,29,31-33,35-37H/b12-3+/t27-,29+/m1/s1. The first-order valence-corrected chi connectivity index (χ1v) is 11.8. The molecule has 1 aliphatic rings. The minimum Gasteiger partial charge on any atom is -0.508 e. The minimum absolute atomic E-state index is 0.0379. The van der Waals surface area contributed by atoms with Gasteiger partial charge in [-0.3, -0.25) is 9.59 Å². The maximum Gasteiger partial charge on any atom is 0.193 e. The summed E-state index contributed by atoms with van der Waals surface area (Å²) in [4.78, 5) is 27.0. The van der Waals surface area contributed by atoms with Gasteiger partial charge in [-0.05, 0) is 53.6 Å². The van der Waals surface area contributed by atoms with Crippen LogP contribution in [0.2, 0.25) is 0 Å². The number of rotatable bonds is 6. The van der Waals surface area contributed by atoms with E-state index in [1.807, 2.05) is 0 Å². The van der Waals surface area contributed by atoms with Crippen LogP contribution < -0.4 is 4.74 Å². The average Bonchev–Trinajstić information content (AvgIpc) is 3.29. The molecule has 5 rings (SSSR count). The summed E-state index contributed by atoms with van der Waals surface area (Å²) >= 11 is 0. The summed E-state index contributed by atoms with van der Waals surface area (Å²) in [6, 6.07) is 16.2. The normalized spacial score (nSPS) is 16.1. The van der Waals surface area contributed by atoms with E-state index in [9.17, 15) is 40.2 Å². The summed E-state index contributed by atoms with van der Waals surface area (Å²) in [5.74, 6) is -4.65. The molecule has 196 valence electrons. The second-order valence-corrected chi connectivity index (χ2v) is 9.00. The zero-order valence-electron chi connectivity index (χ0n) is 20.1. The van der Waals surface area contributed by atoms with Gasteiger partial charge in [-0.15, -0.1) is 0 Å². The van der Waals surface area contributed by atoms with Crippen molar-refractivity contribution in [2.45, 2.75) is 12.0 Å². The van der Waals surface area contributed by atoms with Gasteiger partial charge >= 0.3 is 0 Å². The molecule has 0 unspecified atom stereocenters. The third-order valence-electron chi connectivity index (χ3n) is 6.45. The van der Waals surface area contributed by atoms with E-state index < -0.39 is 40.8 Å². The predicted octanol–water partition coefficient (Wildman–Crippen LogP) is 4.92. The lowest BCUT2D eigenvalue weighted by Crippen LogP contribution is -2.19. The Morgan fingerprint density at radius 3 is 1.95 bits per heavy atom. The molecule has 0 bridgehead atoms. The number of phenols is 6. The van der Waals surface area contributed by atoms with Crippen molar-refractivity contribution in [3.8, 4) is 40.2 Å². The van der Waals surface area contributed by atoms with E-state index in [1.165, 1.54) is 60.7 Å². The SMILES string of the molecule is O=C(/C=C/c1ccc(O)cc1)c1c(O)cc(O)c2c1O[C@@H](c1ccc(O)cc1)[C@H]2C(=O)c1ccc(O)cc1O. The second-order valence-electron chi connectivity index (χ2n) is 9.00. The highest BCUT2D eigenvalue weighted by molar-refractivity contribution is 6.12. The molecule has 0 radical (unpaired) electrons. The lowest BCUT2D eigenvalue weighted by atomic mass is 9.83. The maximum atomic E-state index is 13.8. The molecule has 9 nitrogen and oxygen atoms in total. The van der Waals surface area contributed by atoms with Crippen molar-refractivity contribution >= 4 is 17.6 Å². The van der Waals surface area contributed by atoms with Crippen LogP contribution in [0.4, 0.5) is 0 Å². The van der Waals surface area contributed by atoms with E-state index in [-0.39, 0.29) is 39.7 Å². The van der Waals surface area contributed by atoms with Crippen molar-refractivity contribution in [2.75, 3.05) is 0 Å². The van der Waals surface area contributed by atoms with Crippen LogP contribution in [-0.4, -0.2) is 42.2 Å². The van der Waals surface area contributed by atoms with Crippen molar-refractivity contribution in [1.82, 2.24) is 0 Å². The van der Waals surface area contributed by atoms with Gasteiger partial charge in [0.25, 0.3) is 0 Å².